The fraction of sp³-hybridized carbons (Fsp3) is 0.556. The molecule has 98 valence electrons. The Kier molecular flexibility index (Phi) is 3.18. The second kappa shape index (κ2) is 4.50. The van der Waals surface area contributed by atoms with Gasteiger partial charge in [0.05, 0.1) is 18.0 Å². The van der Waals surface area contributed by atoms with Crippen molar-refractivity contribution < 1.29 is 19.6 Å². The number of hydrogen-bond acceptors (Lipinski definition) is 7. The number of carboxylic acid groups (broad SMARTS) is 1. The number of ether oxygens (including phenoxy) is 1. The van der Waals surface area contributed by atoms with E-state index in [2.05, 4.69) is 4.98 Å². The molecule has 0 aliphatic carbocycles. The van der Waals surface area contributed by atoms with Crippen molar-refractivity contribution in [2.75, 3.05) is 24.6 Å². The number of rotatable bonds is 5. The van der Waals surface area contributed by atoms with Gasteiger partial charge in [0.2, 0.25) is 0 Å². The fourth-order valence-electron chi connectivity index (χ4n) is 1.71. The molecule has 0 aromatic carbocycles. The molecule has 1 aliphatic heterocycles. The summed E-state index contributed by atoms with van der Waals surface area (Å²) in [6, 6.07) is 0. The number of carbonyl (C=O) groups is 1. The van der Waals surface area contributed by atoms with Gasteiger partial charge in [0.15, 0.2) is 5.13 Å². The van der Waals surface area contributed by atoms with E-state index in [1.807, 2.05) is 4.90 Å². The zero-order valence-corrected chi connectivity index (χ0v) is 10.3. The summed E-state index contributed by atoms with van der Waals surface area (Å²) in [7, 11) is 0. The van der Waals surface area contributed by atoms with E-state index in [4.69, 9.17) is 9.84 Å². The topological polar surface area (TPSA) is 106 Å². The first-order valence-corrected chi connectivity index (χ1v) is 5.92. The van der Waals surface area contributed by atoms with Gasteiger partial charge in [-0.15, -0.1) is 0 Å². The minimum Gasteiger partial charge on any atom is -0.480 e. The first kappa shape index (κ1) is 12.7. The monoisotopic (exact) mass is 273 g/mol. The Balaban J connectivity index is 1.91. The zero-order valence-electron chi connectivity index (χ0n) is 9.53. The Hall–Kier alpha value is -1.74. The largest absolute Gasteiger partial charge is 0.480 e. The van der Waals surface area contributed by atoms with E-state index in [0.29, 0.717) is 18.2 Å². The van der Waals surface area contributed by atoms with Crippen molar-refractivity contribution in [1.82, 2.24) is 4.98 Å². The number of thiazole rings is 1. The van der Waals surface area contributed by atoms with Gasteiger partial charge >= 0.3 is 11.0 Å². The van der Waals surface area contributed by atoms with Crippen LogP contribution in [0.3, 0.4) is 0 Å². The van der Waals surface area contributed by atoms with E-state index >= 15 is 0 Å². The molecule has 0 radical (unpaired) electrons. The Bertz CT molecular complexity index is 482. The summed E-state index contributed by atoms with van der Waals surface area (Å²) in [5.41, 5.74) is -0.529. The molecule has 0 amide bonds. The molecule has 0 saturated carbocycles. The summed E-state index contributed by atoms with van der Waals surface area (Å²) in [6.07, 6.45) is 1.22. The third-order valence-electron chi connectivity index (χ3n) is 2.53. The summed E-state index contributed by atoms with van der Waals surface area (Å²) < 4.78 is 5.23. The molecule has 1 N–H and O–H groups in total. The van der Waals surface area contributed by atoms with Gasteiger partial charge in [0.1, 0.15) is 18.4 Å². The molecule has 2 heterocycles. The van der Waals surface area contributed by atoms with Crippen molar-refractivity contribution in [3.63, 3.8) is 0 Å². The van der Waals surface area contributed by atoms with Crippen LogP contribution < -0.4 is 4.90 Å². The van der Waals surface area contributed by atoms with Crippen molar-refractivity contribution in [2.45, 2.75) is 12.5 Å². The van der Waals surface area contributed by atoms with E-state index < -0.39 is 16.5 Å². The van der Waals surface area contributed by atoms with Gasteiger partial charge in [-0.2, -0.15) is 0 Å². The van der Waals surface area contributed by atoms with Gasteiger partial charge in [-0.25, -0.2) is 9.78 Å². The molecule has 1 fully saturated rings. The zero-order chi connectivity index (χ0) is 13.3. The van der Waals surface area contributed by atoms with E-state index in [1.165, 1.54) is 6.20 Å². The van der Waals surface area contributed by atoms with Gasteiger partial charge < -0.3 is 14.7 Å². The predicted octanol–water partition coefficient (Wildman–Crippen LogP) is 0.731. The van der Waals surface area contributed by atoms with Gasteiger partial charge in [-0.05, 0) is 18.3 Å². The lowest BCUT2D eigenvalue weighted by molar-refractivity contribution is -0.380. The SMILES string of the molecule is CC1(OCC(=O)O)CN(c2ncc([N+](=O)[O-])s2)C1. The highest BCUT2D eigenvalue weighted by atomic mass is 32.1. The van der Waals surface area contributed by atoms with Crippen LogP contribution in [0.4, 0.5) is 10.1 Å². The van der Waals surface area contributed by atoms with Crippen molar-refractivity contribution in [3.8, 4) is 0 Å². The van der Waals surface area contributed by atoms with Crippen LogP contribution in [-0.4, -0.2) is 46.3 Å². The summed E-state index contributed by atoms with van der Waals surface area (Å²) >= 11 is 0.994. The third kappa shape index (κ3) is 2.57. The van der Waals surface area contributed by atoms with E-state index in [0.717, 1.165) is 11.3 Å². The van der Waals surface area contributed by atoms with Gasteiger partial charge in [0.25, 0.3) is 0 Å². The molecule has 1 saturated heterocycles. The van der Waals surface area contributed by atoms with Crippen LogP contribution in [-0.2, 0) is 9.53 Å². The summed E-state index contributed by atoms with van der Waals surface area (Å²) in [5, 5.41) is 19.6. The van der Waals surface area contributed by atoms with Crippen LogP contribution in [0.5, 0.6) is 0 Å². The molecule has 0 atom stereocenters. The summed E-state index contributed by atoms with van der Waals surface area (Å²) in [5.74, 6) is -1.01. The van der Waals surface area contributed by atoms with Crippen molar-refractivity contribution in [1.29, 1.82) is 0 Å². The Labute approximate surface area is 106 Å². The number of carboxylic acids is 1. The van der Waals surface area contributed by atoms with Gasteiger partial charge in [-0.1, -0.05) is 0 Å². The van der Waals surface area contributed by atoms with Crippen molar-refractivity contribution in [3.05, 3.63) is 16.3 Å². The maximum absolute atomic E-state index is 10.5. The average Bonchev–Trinajstić information content (AvgIpc) is 2.71. The molecule has 0 spiro atoms. The van der Waals surface area contributed by atoms with E-state index in [-0.39, 0.29) is 11.6 Å². The minimum atomic E-state index is -1.01. The van der Waals surface area contributed by atoms with Crippen molar-refractivity contribution >= 4 is 27.4 Å². The summed E-state index contributed by atoms with van der Waals surface area (Å²) in [6.45, 7) is 2.41. The first-order valence-electron chi connectivity index (χ1n) is 5.10. The summed E-state index contributed by atoms with van der Waals surface area (Å²) in [4.78, 5) is 26.2. The third-order valence-corrected chi connectivity index (χ3v) is 3.54. The van der Waals surface area contributed by atoms with Crippen LogP contribution in [0, 0.1) is 10.1 Å². The van der Waals surface area contributed by atoms with Crippen LogP contribution in [0.15, 0.2) is 6.20 Å². The second-order valence-corrected chi connectivity index (χ2v) is 5.21. The van der Waals surface area contributed by atoms with Crippen LogP contribution in [0.2, 0.25) is 0 Å². The molecule has 1 aromatic rings. The highest BCUT2D eigenvalue weighted by Gasteiger charge is 2.42. The van der Waals surface area contributed by atoms with Gasteiger partial charge in [0, 0.05) is 0 Å². The first-order chi connectivity index (χ1) is 8.39. The molecule has 1 aromatic heterocycles. The molecule has 18 heavy (non-hydrogen) atoms. The second-order valence-electron chi connectivity index (χ2n) is 4.23. The number of aliphatic carboxylic acids is 1. The Morgan fingerprint density at radius 3 is 2.94 bits per heavy atom. The van der Waals surface area contributed by atoms with E-state index in [9.17, 15) is 14.9 Å². The number of aromatic nitrogens is 1. The lowest BCUT2D eigenvalue weighted by Crippen LogP contribution is -2.62. The quantitative estimate of drug-likeness (QED) is 0.622. The molecule has 9 heteroatoms. The maximum Gasteiger partial charge on any atom is 0.345 e. The lowest BCUT2D eigenvalue weighted by atomic mass is 9.97. The van der Waals surface area contributed by atoms with Crippen molar-refractivity contribution in [2.24, 2.45) is 0 Å². The van der Waals surface area contributed by atoms with Crippen LogP contribution in [0.1, 0.15) is 6.92 Å². The lowest BCUT2D eigenvalue weighted by Gasteiger charge is -2.47. The molecule has 1 aliphatic rings. The fourth-order valence-corrected chi connectivity index (χ4v) is 2.44. The minimum absolute atomic E-state index is 0.00921. The predicted molar refractivity (Wildman–Crippen MR) is 63.0 cm³/mol. The molecule has 8 nitrogen and oxygen atoms in total. The van der Waals surface area contributed by atoms with Crippen LogP contribution >= 0.6 is 11.3 Å². The molecular weight excluding hydrogens is 262 g/mol. The number of hydrogen-bond donors (Lipinski definition) is 1. The van der Waals surface area contributed by atoms with E-state index in [1.54, 1.807) is 6.92 Å². The average molecular weight is 273 g/mol. The molecular formula is C9H11N3O5S. The Morgan fingerprint density at radius 1 is 1.78 bits per heavy atom. The van der Waals surface area contributed by atoms with Gasteiger partial charge in [-0.3, -0.25) is 10.1 Å². The number of anilines is 1. The maximum atomic E-state index is 10.5. The number of nitrogens with zero attached hydrogens (tertiary/aromatic N) is 3. The highest BCUT2D eigenvalue weighted by molar-refractivity contribution is 7.18. The molecule has 2 rings (SSSR count). The number of nitro groups is 1. The van der Waals surface area contributed by atoms with Crippen LogP contribution in [0.25, 0.3) is 0 Å². The normalized spacial score (nSPS) is 17.3. The standard InChI is InChI=1S/C9H11N3O5S/c1-9(17-3-7(13)14)4-11(5-9)8-10-2-6(18-8)12(15)16/h2H,3-5H2,1H3,(H,13,14). The molecule has 0 bridgehead atoms. The Morgan fingerprint density at radius 2 is 2.44 bits per heavy atom. The smallest absolute Gasteiger partial charge is 0.345 e. The highest BCUT2D eigenvalue weighted by Crippen LogP contribution is 2.35. The molecule has 0 unspecified atom stereocenters.